The lowest BCUT2D eigenvalue weighted by Crippen LogP contribution is -2.42. The minimum absolute atomic E-state index is 0.0718. The molecular weight excluding hydrogens is 230 g/mol. The smallest absolute Gasteiger partial charge is 0.314 e. The normalized spacial score (nSPS) is 29.2. The van der Waals surface area contributed by atoms with Crippen molar-refractivity contribution in [1.82, 2.24) is 15.5 Å². The highest BCUT2D eigenvalue weighted by Gasteiger charge is 2.24. The number of rotatable bonds is 4. The monoisotopic (exact) mass is 255 g/mol. The van der Waals surface area contributed by atoms with Crippen LogP contribution < -0.4 is 10.6 Å². The van der Waals surface area contributed by atoms with E-state index in [1.165, 1.54) is 19.3 Å². The molecule has 2 saturated heterocycles. The molecule has 0 aromatic rings. The first-order valence-electron chi connectivity index (χ1n) is 7.10. The van der Waals surface area contributed by atoms with Gasteiger partial charge in [-0.3, -0.25) is 0 Å². The Morgan fingerprint density at radius 3 is 3.00 bits per heavy atom. The van der Waals surface area contributed by atoms with Crippen LogP contribution in [0.4, 0.5) is 4.79 Å². The topological polar surface area (TPSA) is 53.6 Å². The number of amides is 2. The fourth-order valence-corrected chi connectivity index (χ4v) is 2.77. The molecule has 2 fully saturated rings. The average Bonchev–Trinajstić information content (AvgIpc) is 2.85. The number of nitrogens with one attached hydrogen (secondary N) is 2. The zero-order chi connectivity index (χ0) is 12.8. The molecular formula is C13H25N3O2. The number of hydrogen-bond donors (Lipinski definition) is 2. The molecule has 18 heavy (non-hydrogen) atoms. The van der Waals surface area contributed by atoms with E-state index in [1.807, 2.05) is 0 Å². The molecule has 2 heterocycles. The van der Waals surface area contributed by atoms with Crippen LogP contribution in [0.25, 0.3) is 0 Å². The van der Waals surface area contributed by atoms with Crippen LogP contribution >= 0.6 is 0 Å². The summed E-state index contributed by atoms with van der Waals surface area (Å²) in [4.78, 5) is 13.6. The van der Waals surface area contributed by atoms with Gasteiger partial charge < -0.3 is 20.3 Å². The van der Waals surface area contributed by atoms with E-state index in [4.69, 9.17) is 4.74 Å². The van der Waals surface area contributed by atoms with Crippen molar-refractivity contribution in [3.05, 3.63) is 0 Å². The molecule has 2 N–H and O–H groups in total. The molecule has 0 spiro atoms. The minimum Gasteiger partial charge on any atom is -0.378 e. The van der Waals surface area contributed by atoms with E-state index in [0.717, 1.165) is 39.1 Å². The first kappa shape index (κ1) is 13.6. The van der Waals surface area contributed by atoms with Gasteiger partial charge in [-0.05, 0) is 32.1 Å². The standard InChI is InChI=1S/C13H25N3O2/c1-14-13(17)15-11-5-7-16(10-11)8-6-12-4-2-3-9-18-12/h11-12H,2-10H2,1H3,(H2,14,15,17). The van der Waals surface area contributed by atoms with E-state index >= 15 is 0 Å². The van der Waals surface area contributed by atoms with Gasteiger partial charge in [-0.2, -0.15) is 0 Å². The predicted octanol–water partition coefficient (Wildman–Crippen LogP) is 0.949. The second kappa shape index (κ2) is 6.95. The third-order valence-corrected chi connectivity index (χ3v) is 3.88. The third-order valence-electron chi connectivity index (χ3n) is 3.88. The summed E-state index contributed by atoms with van der Waals surface area (Å²) >= 11 is 0. The molecule has 5 nitrogen and oxygen atoms in total. The van der Waals surface area contributed by atoms with Gasteiger partial charge in [-0.1, -0.05) is 0 Å². The molecule has 5 heteroatoms. The zero-order valence-electron chi connectivity index (χ0n) is 11.3. The fraction of sp³-hybridized carbons (Fsp3) is 0.923. The van der Waals surface area contributed by atoms with Crippen molar-refractivity contribution in [3.8, 4) is 0 Å². The minimum atomic E-state index is -0.0718. The van der Waals surface area contributed by atoms with Crippen molar-refractivity contribution in [3.63, 3.8) is 0 Å². The van der Waals surface area contributed by atoms with E-state index in [1.54, 1.807) is 7.05 Å². The summed E-state index contributed by atoms with van der Waals surface area (Å²) in [5.41, 5.74) is 0. The van der Waals surface area contributed by atoms with Gasteiger partial charge in [-0.25, -0.2) is 4.79 Å². The SMILES string of the molecule is CNC(=O)NC1CCN(CCC2CCCCO2)C1. The van der Waals surface area contributed by atoms with Crippen LogP contribution in [-0.4, -0.2) is 56.4 Å². The van der Waals surface area contributed by atoms with Crippen LogP contribution in [0.15, 0.2) is 0 Å². The molecule has 2 aliphatic rings. The second-order valence-corrected chi connectivity index (χ2v) is 5.29. The highest BCUT2D eigenvalue weighted by atomic mass is 16.5. The number of hydrogen-bond acceptors (Lipinski definition) is 3. The fourth-order valence-electron chi connectivity index (χ4n) is 2.77. The van der Waals surface area contributed by atoms with E-state index in [-0.39, 0.29) is 6.03 Å². The molecule has 0 saturated carbocycles. The van der Waals surface area contributed by atoms with Crippen LogP contribution in [0.2, 0.25) is 0 Å². The van der Waals surface area contributed by atoms with Crippen molar-refractivity contribution < 1.29 is 9.53 Å². The van der Waals surface area contributed by atoms with Gasteiger partial charge in [0.1, 0.15) is 0 Å². The number of carbonyl (C=O) groups is 1. The summed E-state index contributed by atoms with van der Waals surface area (Å²) in [6.45, 7) is 4.09. The van der Waals surface area contributed by atoms with E-state index in [2.05, 4.69) is 15.5 Å². The van der Waals surface area contributed by atoms with E-state index in [0.29, 0.717) is 12.1 Å². The molecule has 0 aromatic carbocycles. The highest BCUT2D eigenvalue weighted by Crippen LogP contribution is 2.17. The Morgan fingerprint density at radius 1 is 1.39 bits per heavy atom. The van der Waals surface area contributed by atoms with Gasteiger partial charge in [0.15, 0.2) is 0 Å². The Hall–Kier alpha value is -0.810. The summed E-state index contributed by atoms with van der Waals surface area (Å²) in [6.07, 6.45) is 6.40. The number of likely N-dealkylation sites (tertiary alicyclic amines) is 1. The molecule has 2 aliphatic heterocycles. The molecule has 2 atom stereocenters. The lowest BCUT2D eigenvalue weighted by Gasteiger charge is -2.25. The van der Waals surface area contributed by atoms with E-state index in [9.17, 15) is 4.79 Å². The van der Waals surface area contributed by atoms with Crippen molar-refractivity contribution in [2.75, 3.05) is 33.3 Å². The van der Waals surface area contributed by atoms with Crippen molar-refractivity contribution in [1.29, 1.82) is 0 Å². The number of ether oxygens (including phenoxy) is 1. The van der Waals surface area contributed by atoms with E-state index < -0.39 is 0 Å². The maximum Gasteiger partial charge on any atom is 0.314 e. The third kappa shape index (κ3) is 4.14. The lowest BCUT2D eigenvalue weighted by molar-refractivity contribution is 0.00656. The highest BCUT2D eigenvalue weighted by molar-refractivity contribution is 5.73. The van der Waals surface area contributed by atoms with Crippen molar-refractivity contribution in [2.45, 2.75) is 44.2 Å². The maximum absolute atomic E-state index is 11.2. The molecule has 2 amide bonds. The Balaban J connectivity index is 1.61. The summed E-state index contributed by atoms with van der Waals surface area (Å²) in [5.74, 6) is 0. The van der Waals surface area contributed by atoms with Crippen LogP contribution in [0.1, 0.15) is 32.1 Å². The first-order valence-corrected chi connectivity index (χ1v) is 7.10. The molecule has 2 unspecified atom stereocenters. The van der Waals surface area contributed by atoms with Crippen LogP contribution in [-0.2, 0) is 4.74 Å². The lowest BCUT2D eigenvalue weighted by atomic mass is 10.1. The van der Waals surface area contributed by atoms with Gasteiger partial charge >= 0.3 is 6.03 Å². The zero-order valence-corrected chi connectivity index (χ0v) is 11.3. The Bertz CT molecular complexity index is 267. The quantitative estimate of drug-likeness (QED) is 0.786. The average molecular weight is 255 g/mol. The maximum atomic E-state index is 11.2. The molecule has 0 radical (unpaired) electrons. The number of carbonyl (C=O) groups excluding carboxylic acids is 1. The van der Waals surface area contributed by atoms with Crippen LogP contribution in [0.3, 0.4) is 0 Å². The summed E-state index contributed by atoms with van der Waals surface area (Å²) in [5, 5.41) is 5.58. The summed E-state index contributed by atoms with van der Waals surface area (Å²) in [7, 11) is 1.66. The first-order chi connectivity index (χ1) is 8.78. The van der Waals surface area contributed by atoms with Gasteiger partial charge in [0.25, 0.3) is 0 Å². The summed E-state index contributed by atoms with van der Waals surface area (Å²) < 4.78 is 5.74. The Kier molecular flexibility index (Phi) is 5.26. The van der Waals surface area contributed by atoms with Crippen LogP contribution in [0, 0.1) is 0 Å². The van der Waals surface area contributed by atoms with Crippen LogP contribution in [0.5, 0.6) is 0 Å². The summed E-state index contributed by atoms with van der Waals surface area (Å²) in [6, 6.07) is 0.231. The molecule has 0 bridgehead atoms. The number of nitrogens with zero attached hydrogens (tertiary/aromatic N) is 1. The second-order valence-electron chi connectivity index (χ2n) is 5.29. The molecule has 2 rings (SSSR count). The van der Waals surface area contributed by atoms with Gasteiger partial charge in [0, 0.05) is 39.3 Å². The van der Waals surface area contributed by atoms with Crippen molar-refractivity contribution >= 4 is 6.03 Å². The van der Waals surface area contributed by atoms with Gasteiger partial charge in [0.05, 0.1) is 6.10 Å². The van der Waals surface area contributed by atoms with Gasteiger partial charge in [0.2, 0.25) is 0 Å². The van der Waals surface area contributed by atoms with Gasteiger partial charge in [-0.15, -0.1) is 0 Å². The largest absolute Gasteiger partial charge is 0.378 e. The predicted molar refractivity (Wildman–Crippen MR) is 70.6 cm³/mol. The molecule has 0 aromatic heterocycles. The number of urea groups is 1. The Morgan fingerprint density at radius 2 is 2.28 bits per heavy atom. The van der Waals surface area contributed by atoms with Crippen molar-refractivity contribution in [2.24, 2.45) is 0 Å². The Labute approximate surface area is 109 Å². The molecule has 104 valence electrons. The molecule has 0 aliphatic carbocycles.